The molecule has 10 heteroatoms. The largest absolute Gasteiger partial charge is 0.356 e. The highest BCUT2D eigenvalue weighted by Gasteiger charge is 2.23. The monoisotopic (exact) mass is 577 g/mol. The van der Waals surface area contributed by atoms with E-state index < -0.39 is 0 Å². The van der Waals surface area contributed by atoms with Crippen LogP contribution in [0.25, 0.3) is 0 Å². The van der Waals surface area contributed by atoms with E-state index >= 15 is 0 Å². The summed E-state index contributed by atoms with van der Waals surface area (Å²) in [6, 6.07) is 0.195. The van der Waals surface area contributed by atoms with Gasteiger partial charge in [-0.2, -0.15) is 0 Å². The number of piperidine rings is 1. The molecule has 32 heavy (non-hydrogen) atoms. The predicted molar refractivity (Wildman–Crippen MR) is 143 cm³/mol. The summed E-state index contributed by atoms with van der Waals surface area (Å²) in [5.41, 5.74) is 1.21. The summed E-state index contributed by atoms with van der Waals surface area (Å²) >= 11 is 1.74. The SMILES string of the molecule is CN=C(NCC1CCN(Cc2csc(C)n2)CC1)N1CCN(CC(=O)NC(C)C)CC1.I. The van der Waals surface area contributed by atoms with Crippen molar-refractivity contribution in [3.63, 3.8) is 0 Å². The molecule has 0 aliphatic carbocycles. The number of aryl methyl sites for hydroxylation is 1. The number of halogens is 1. The van der Waals surface area contributed by atoms with Gasteiger partial charge in [-0.05, 0) is 52.6 Å². The Balaban J connectivity index is 0.00000363. The number of piperazine rings is 1. The molecule has 8 nitrogen and oxygen atoms in total. The molecule has 2 fully saturated rings. The zero-order valence-electron chi connectivity index (χ0n) is 20.0. The summed E-state index contributed by atoms with van der Waals surface area (Å²) in [6.07, 6.45) is 2.43. The van der Waals surface area contributed by atoms with Crippen molar-refractivity contribution in [1.82, 2.24) is 30.3 Å². The number of carbonyl (C=O) groups excluding carboxylic acids is 1. The highest BCUT2D eigenvalue weighted by molar-refractivity contribution is 14.0. The minimum absolute atomic E-state index is 0. The standard InChI is InChI=1S/C22H39N7OS.HI/c1-17(2)25-21(30)15-28-9-11-29(12-10-28)22(23-4)24-13-19-5-7-27(8-6-19)14-20-16-31-18(3)26-20;/h16-17,19H,5-15H2,1-4H3,(H,23,24)(H,25,30);1H. The normalized spacial score (nSPS) is 19.2. The number of carbonyl (C=O) groups is 1. The minimum Gasteiger partial charge on any atom is -0.356 e. The minimum atomic E-state index is 0. The van der Waals surface area contributed by atoms with Gasteiger partial charge in [0.2, 0.25) is 5.91 Å². The molecule has 1 amide bonds. The van der Waals surface area contributed by atoms with E-state index in [0.717, 1.165) is 63.3 Å². The zero-order chi connectivity index (χ0) is 22.2. The van der Waals surface area contributed by atoms with Crippen molar-refractivity contribution >= 4 is 47.2 Å². The number of thiazole rings is 1. The second kappa shape index (κ2) is 13.7. The number of likely N-dealkylation sites (tertiary alicyclic amines) is 1. The van der Waals surface area contributed by atoms with E-state index in [0.29, 0.717) is 12.5 Å². The summed E-state index contributed by atoms with van der Waals surface area (Å²) in [7, 11) is 1.86. The Morgan fingerprint density at radius 3 is 2.44 bits per heavy atom. The van der Waals surface area contributed by atoms with Crippen LogP contribution in [0.4, 0.5) is 0 Å². The third kappa shape index (κ3) is 8.75. The van der Waals surface area contributed by atoms with Crippen molar-refractivity contribution < 1.29 is 4.79 Å². The first-order valence-electron chi connectivity index (χ1n) is 11.5. The molecule has 1 aromatic heterocycles. The van der Waals surface area contributed by atoms with E-state index in [1.807, 2.05) is 20.9 Å². The average molecular weight is 578 g/mol. The van der Waals surface area contributed by atoms with E-state index in [9.17, 15) is 4.79 Å². The number of nitrogens with zero attached hydrogens (tertiary/aromatic N) is 5. The van der Waals surface area contributed by atoms with E-state index in [2.05, 4.69) is 47.6 Å². The first-order valence-corrected chi connectivity index (χ1v) is 12.4. The Morgan fingerprint density at radius 1 is 1.19 bits per heavy atom. The highest BCUT2D eigenvalue weighted by Crippen LogP contribution is 2.19. The smallest absolute Gasteiger partial charge is 0.234 e. The van der Waals surface area contributed by atoms with Crippen LogP contribution in [0, 0.1) is 12.8 Å². The Labute approximate surface area is 214 Å². The highest BCUT2D eigenvalue weighted by atomic mass is 127. The number of amides is 1. The van der Waals surface area contributed by atoms with Gasteiger partial charge in [0, 0.05) is 57.7 Å². The molecule has 0 bridgehead atoms. The fraction of sp³-hybridized carbons (Fsp3) is 0.773. The Kier molecular flexibility index (Phi) is 11.6. The van der Waals surface area contributed by atoms with Gasteiger partial charge in [0.15, 0.2) is 5.96 Å². The lowest BCUT2D eigenvalue weighted by Gasteiger charge is -2.37. The van der Waals surface area contributed by atoms with Gasteiger partial charge >= 0.3 is 0 Å². The van der Waals surface area contributed by atoms with Crippen LogP contribution < -0.4 is 10.6 Å². The van der Waals surface area contributed by atoms with Gasteiger partial charge in [0.1, 0.15) is 0 Å². The summed E-state index contributed by atoms with van der Waals surface area (Å²) in [5.74, 6) is 1.79. The number of aliphatic imine (C=N–C) groups is 1. The number of guanidine groups is 1. The van der Waals surface area contributed by atoms with Crippen molar-refractivity contribution in [3.05, 3.63) is 16.1 Å². The van der Waals surface area contributed by atoms with E-state index in [1.165, 1.54) is 18.5 Å². The number of hydrogen-bond donors (Lipinski definition) is 2. The number of hydrogen-bond acceptors (Lipinski definition) is 6. The van der Waals surface area contributed by atoms with E-state index in [1.54, 1.807) is 11.3 Å². The molecule has 0 atom stereocenters. The lowest BCUT2D eigenvalue weighted by Crippen LogP contribution is -2.54. The third-order valence-electron chi connectivity index (χ3n) is 6.01. The van der Waals surface area contributed by atoms with Crippen LogP contribution in [-0.2, 0) is 11.3 Å². The predicted octanol–water partition coefficient (Wildman–Crippen LogP) is 2.00. The van der Waals surface area contributed by atoms with Crippen LogP contribution in [0.3, 0.4) is 0 Å². The molecule has 1 aromatic rings. The number of rotatable bonds is 7. The second-order valence-electron chi connectivity index (χ2n) is 8.99. The van der Waals surface area contributed by atoms with Crippen molar-refractivity contribution in [2.24, 2.45) is 10.9 Å². The maximum absolute atomic E-state index is 12.0. The topological polar surface area (TPSA) is 76.1 Å². The van der Waals surface area contributed by atoms with Gasteiger partial charge in [-0.3, -0.25) is 19.6 Å². The van der Waals surface area contributed by atoms with Crippen LogP contribution >= 0.6 is 35.3 Å². The first-order chi connectivity index (χ1) is 14.9. The fourth-order valence-corrected chi connectivity index (χ4v) is 4.92. The molecular weight excluding hydrogens is 537 g/mol. The summed E-state index contributed by atoms with van der Waals surface area (Å²) in [6.45, 7) is 14.4. The Bertz CT molecular complexity index is 726. The van der Waals surface area contributed by atoms with Crippen molar-refractivity contribution in [3.8, 4) is 0 Å². The van der Waals surface area contributed by atoms with Crippen LogP contribution in [0.5, 0.6) is 0 Å². The van der Waals surface area contributed by atoms with Gasteiger partial charge in [-0.1, -0.05) is 0 Å². The van der Waals surface area contributed by atoms with Crippen LogP contribution in [0.15, 0.2) is 10.4 Å². The molecule has 2 saturated heterocycles. The van der Waals surface area contributed by atoms with Gasteiger partial charge in [0.25, 0.3) is 0 Å². The van der Waals surface area contributed by atoms with Crippen molar-refractivity contribution in [2.75, 3.05) is 59.4 Å². The first kappa shape index (κ1) is 27.3. The van der Waals surface area contributed by atoms with Crippen LogP contribution in [0.1, 0.15) is 37.4 Å². The van der Waals surface area contributed by atoms with Gasteiger partial charge in [-0.15, -0.1) is 35.3 Å². The molecule has 0 radical (unpaired) electrons. The summed E-state index contributed by atoms with van der Waals surface area (Å²) in [5, 5.41) is 9.92. The molecule has 3 rings (SSSR count). The molecule has 2 aliphatic heterocycles. The second-order valence-corrected chi connectivity index (χ2v) is 10.1. The van der Waals surface area contributed by atoms with Crippen molar-refractivity contribution in [2.45, 2.75) is 46.2 Å². The number of aromatic nitrogens is 1. The molecule has 2 aliphatic rings. The lowest BCUT2D eigenvalue weighted by atomic mass is 9.97. The number of nitrogens with one attached hydrogen (secondary N) is 2. The molecular formula is C22H40IN7OS. The maximum Gasteiger partial charge on any atom is 0.234 e. The molecule has 3 heterocycles. The van der Waals surface area contributed by atoms with E-state index in [4.69, 9.17) is 0 Å². The molecule has 2 N–H and O–H groups in total. The maximum atomic E-state index is 12.0. The fourth-order valence-electron chi connectivity index (χ4n) is 4.32. The van der Waals surface area contributed by atoms with Crippen LogP contribution in [0.2, 0.25) is 0 Å². The zero-order valence-corrected chi connectivity index (χ0v) is 23.1. The molecule has 182 valence electrons. The Hall–Kier alpha value is -0.980. The average Bonchev–Trinajstić information content (AvgIpc) is 3.14. The molecule has 0 saturated carbocycles. The van der Waals surface area contributed by atoms with E-state index in [-0.39, 0.29) is 35.9 Å². The Morgan fingerprint density at radius 2 is 1.88 bits per heavy atom. The van der Waals surface area contributed by atoms with Gasteiger partial charge in [0.05, 0.1) is 17.2 Å². The van der Waals surface area contributed by atoms with Gasteiger partial charge < -0.3 is 15.5 Å². The third-order valence-corrected chi connectivity index (χ3v) is 6.83. The summed E-state index contributed by atoms with van der Waals surface area (Å²) in [4.78, 5) is 28.2. The van der Waals surface area contributed by atoms with Gasteiger partial charge in [-0.25, -0.2) is 4.98 Å². The molecule has 0 spiro atoms. The summed E-state index contributed by atoms with van der Waals surface area (Å²) < 4.78 is 0. The molecule has 0 unspecified atom stereocenters. The quantitative estimate of drug-likeness (QED) is 0.294. The van der Waals surface area contributed by atoms with Crippen molar-refractivity contribution in [1.29, 1.82) is 0 Å². The van der Waals surface area contributed by atoms with Crippen LogP contribution in [-0.4, -0.2) is 97.0 Å². The lowest BCUT2D eigenvalue weighted by molar-refractivity contribution is -0.123. The molecule has 0 aromatic carbocycles.